The molecule has 0 atom stereocenters. The molecule has 0 bridgehead atoms. The molecule has 0 aliphatic carbocycles. The van der Waals surface area contributed by atoms with E-state index in [1.807, 2.05) is 13.8 Å². The van der Waals surface area contributed by atoms with Gasteiger partial charge in [-0.2, -0.15) is 0 Å². The van der Waals surface area contributed by atoms with Crippen LogP contribution in [0.2, 0.25) is 0 Å². The number of hydrogen-bond donors (Lipinski definition) is 2. The summed E-state index contributed by atoms with van der Waals surface area (Å²) in [5.74, 6) is 1.81. The van der Waals surface area contributed by atoms with Crippen LogP contribution in [0.1, 0.15) is 49.1 Å². The van der Waals surface area contributed by atoms with Gasteiger partial charge in [0.15, 0.2) is 5.96 Å². The van der Waals surface area contributed by atoms with Gasteiger partial charge in [-0.3, -0.25) is 4.99 Å². The zero-order valence-electron chi connectivity index (χ0n) is 16.0. The third kappa shape index (κ3) is 5.59. The molecule has 2 aromatic heterocycles. The van der Waals surface area contributed by atoms with Crippen LogP contribution in [0.5, 0.6) is 0 Å². The summed E-state index contributed by atoms with van der Waals surface area (Å²) in [6.07, 6.45) is 1.98. The average molecular weight is 363 g/mol. The SMILES string of the molecule is CCNC(=NCC(C)(C)c1cccs1)NCCCc1c(C)noc1C. The Morgan fingerprint density at radius 3 is 2.72 bits per heavy atom. The summed E-state index contributed by atoms with van der Waals surface area (Å²) in [5.41, 5.74) is 2.27. The highest BCUT2D eigenvalue weighted by molar-refractivity contribution is 7.10. The Morgan fingerprint density at radius 2 is 2.12 bits per heavy atom. The molecule has 0 unspecified atom stereocenters. The number of rotatable bonds is 8. The first kappa shape index (κ1) is 19.5. The largest absolute Gasteiger partial charge is 0.361 e. The smallest absolute Gasteiger partial charge is 0.191 e. The molecule has 2 rings (SSSR count). The Balaban J connectivity index is 1.85. The first-order valence-electron chi connectivity index (χ1n) is 8.92. The number of thiophene rings is 1. The second-order valence-electron chi connectivity index (χ2n) is 6.89. The lowest BCUT2D eigenvalue weighted by atomic mass is 9.92. The molecule has 0 spiro atoms. The van der Waals surface area contributed by atoms with E-state index in [0.29, 0.717) is 0 Å². The topological polar surface area (TPSA) is 62.5 Å². The molecule has 2 aromatic rings. The molecule has 0 aliphatic heterocycles. The molecule has 5 nitrogen and oxygen atoms in total. The number of nitrogens with one attached hydrogen (secondary N) is 2. The Hall–Kier alpha value is -1.82. The second-order valence-corrected chi connectivity index (χ2v) is 7.84. The van der Waals surface area contributed by atoms with Gasteiger partial charge in [0.2, 0.25) is 0 Å². The van der Waals surface area contributed by atoms with Crippen LogP contribution in [0.3, 0.4) is 0 Å². The third-order valence-corrected chi connectivity index (χ3v) is 5.48. The summed E-state index contributed by atoms with van der Waals surface area (Å²) in [6, 6.07) is 4.29. The lowest BCUT2D eigenvalue weighted by molar-refractivity contribution is 0.392. The summed E-state index contributed by atoms with van der Waals surface area (Å²) >= 11 is 1.79. The zero-order valence-corrected chi connectivity index (χ0v) is 16.8. The van der Waals surface area contributed by atoms with Crippen molar-refractivity contribution in [2.45, 2.75) is 52.9 Å². The Morgan fingerprint density at radius 1 is 1.32 bits per heavy atom. The lowest BCUT2D eigenvalue weighted by Gasteiger charge is -2.21. The molecular weight excluding hydrogens is 332 g/mol. The number of aliphatic imine (C=N–C) groups is 1. The van der Waals surface area contributed by atoms with E-state index in [-0.39, 0.29) is 5.41 Å². The van der Waals surface area contributed by atoms with Crippen molar-refractivity contribution in [1.82, 2.24) is 15.8 Å². The van der Waals surface area contributed by atoms with Crippen molar-refractivity contribution in [1.29, 1.82) is 0 Å². The molecule has 0 aromatic carbocycles. The van der Waals surface area contributed by atoms with Crippen LogP contribution in [0.15, 0.2) is 27.0 Å². The maximum absolute atomic E-state index is 5.22. The van der Waals surface area contributed by atoms with E-state index in [4.69, 9.17) is 9.52 Å². The zero-order chi connectivity index (χ0) is 18.3. The third-order valence-electron chi connectivity index (χ3n) is 4.24. The normalized spacial score (nSPS) is 12.4. The van der Waals surface area contributed by atoms with Gasteiger partial charge in [0.1, 0.15) is 5.76 Å². The van der Waals surface area contributed by atoms with Gasteiger partial charge >= 0.3 is 0 Å². The van der Waals surface area contributed by atoms with Crippen LogP contribution >= 0.6 is 11.3 Å². The monoisotopic (exact) mass is 362 g/mol. The molecule has 2 N–H and O–H groups in total. The van der Waals surface area contributed by atoms with E-state index in [1.54, 1.807) is 11.3 Å². The molecule has 0 amide bonds. The first-order chi connectivity index (χ1) is 11.9. The fraction of sp³-hybridized carbons (Fsp3) is 0.579. The minimum absolute atomic E-state index is 0.0488. The number of aromatic nitrogens is 1. The van der Waals surface area contributed by atoms with E-state index in [1.165, 1.54) is 10.4 Å². The molecule has 25 heavy (non-hydrogen) atoms. The average Bonchev–Trinajstić information content (AvgIpc) is 3.21. The fourth-order valence-electron chi connectivity index (χ4n) is 2.69. The van der Waals surface area contributed by atoms with Crippen molar-refractivity contribution in [2.75, 3.05) is 19.6 Å². The minimum Gasteiger partial charge on any atom is -0.361 e. The quantitative estimate of drug-likeness (QED) is 0.426. The summed E-state index contributed by atoms with van der Waals surface area (Å²) in [4.78, 5) is 6.15. The van der Waals surface area contributed by atoms with Crippen LogP contribution in [0, 0.1) is 13.8 Å². The lowest BCUT2D eigenvalue weighted by Crippen LogP contribution is -2.39. The van der Waals surface area contributed by atoms with Crippen LogP contribution in [0.4, 0.5) is 0 Å². The van der Waals surface area contributed by atoms with Crippen molar-refractivity contribution >= 4 is 17.3 Å². The van der Waals surface area contributed by atoms with E-state index in [2.05, 4.69) is 54.1 Å². The predicted octanol–water partition coefficient (Wildman–Crippen LogP) is 3.82. The van der Waals surface area contributed by atoms with E-state index >= 15 is 0 Å². The standard InChI is InChI=1S/C19H30N4OS/c1-6-20-18(22-13-19(4,5)17-10-8-12-25-17)21-11-7-9-16-14(2)23-24-15(16)3/h8,10,12H,6-7,9,11,13H2,1-5H3,(H2,20,21,22). The van der Waals surface area contributed by atoms with Crippen molar-refractivity contribution < 1.29 is 4.52 Å². The van der Waals surface area contributed by atoms with E-state index in [0.717, 1.165) is 49.9 Å². The van der Waals surface area contributed by atoms with Gasteiger partial charge in [-0.05, 0) is 45.1 Å². The predicted molar refractivity (Wildman–Crippen MR) is 106 cm³/mol. The number of hydrogen-bond acceptors (Lipinski definition) is 4. The number of aryl methyl sites for hydroxylation is 2. The van der Waals surface area contributed by atoms with Gasteiger partial charge in [-0.25, -0.2) is 0 Å². The highest BCUT2D eigenvalue weighted by Crippen LogP contribution is 2.27. The fourth-order valence-corrected chi connectivity index (χ4v) is 3.54. The molecule has 138 valence electrons. The highest BCUT2D eigenvalue weighted by atomic mass is 32.1. The van der Waals surface area contributed by atoms with Gasteiger partial charge in [0.25, 0.3) is 0 Å². The summed E-state index contributed by atoms with van der Waals surface area (Å²) in [5, 5.41) is 12.9. The van der Waals surface area contributed by atoms with Gasteiger partial charge in [-0.15, -0.1) is 11.3 Å². The Bertz CT molecular complexity index is 654. The van der Waals surface area contributed by atoms with Crippen molar-refractivity contribution in [2.24, 2.45) is 4.99 Å². The Labute approximate surface area is 154 Å². The first-order valence-corrected chi connectivity index (χ1v) is 9.80. The molecule has 0 aliphatic rings. The molecule has 0 fully saturated rings. The summed E-state index contributed by atoms with van der Waals surface area (Å²) in [7, 11) is 0. The molecule has 0 saturated heterocycles. The summed E-state index contributed by atoms with van der Waals surface area (Å²) < 4.78 is 5.22. The minimum atomic E-state index is 0.0488. The van der Waals surface area contributed by atoms with Crippen molar-refractivity contribution in [3.05, 3.63) is 39.4 Å². The van der Waals surface area contributed by atoms with Crippen molar-refractivity contribution in [3.8, 4) is 0 Å². The summed E-state index contributed by atoms with van der Waals surface area (Å²) in [6.45, 7) is 13.0. The molecule has 2 heterocycles. The molecular formula is C19H30N4OS. The highest BCUT2D eigenvalue weighted by Gasteiger charge is 2.21. The van der Waals surface area contributed by atoms with Gasteiger partial charge in [-0.1, -0.05) is 25.1 Å². The van der Waals surface area contributed by atoms with Crippen LogP contribution in [-0.2, 0) is 11.8 Å². The maximum Gasteiger partial charge on any atom is 0.191 e. The second kappa shape index (κ2) is 9.04. The molecule has 6 heteroatoms. The van der Waals surface area contributed by atoms with E-state index in [9.17, 15) is 0 Å². The molecule has 0 saturated carbocycles. The maximum atomic E-state index is 5.22. The van der Waals surface area contributed by atoms with E-state index < -0.39 is 0 Å². The van der Waals surface area contributed by atoms with Crippen LogP contribution in [0.25, 0.3) is 0 Å². The van der Waals surface area contributed by atoms with Gasteiger partial charge < -0.3 is 15.2 Å². The van der Waals surface area contributed by atoms with Gasteiger partial charge in [0, 0.05) is 28.9 Å². The molecule has 0 radical (unpaired) electrons. The van der Waals surface area contributed by atoms with Crippen LogP contribution < -0.4 is 10.6 Å². The van der Waals surface area contributed by atoms with Crippen molar-refractivity contribution in [3.63, 3.8) is 0 Å². The number of nitrogens with zero attached hydrogens (tertiary/aromatic N) is 2. The number of guanidine groups is 1. The van der Waals surface area contributed by atoms with Crippen LogP contribution in [-0.4, -0.2) is 30.8 Å². The van der Waals surface area contributed by atoms with Gasteiger partial charge in [0.05, 0.1) is 12.2 Å². The Kier molecular flexibility index (Phi) is 7.05.